The molecule has 2 N–H and O–H groups in total. The number of hydrogen-bond donors (Lipinski definition) is 2. The summed E-state index contributed by atoms with van der Waals surface area (Å²) in [5.41, 5.74) is 1.28. The summed E-state index contributed by atoms with van der Waals surface area (Å²) >= 11 is 1.00. The van der Waals surface area contributed by atoms with E-state index in [9.17, 15) is 27.9 Å². The molecule has 11 heteroatoms. The highest BCUT2D eigenvalue weighted by Gasteiger charge is 2.23. The van der Waals surface area contributed by atoms with Gasteiger partial charge in [-0.25, -0.2) is 22.9 Å². The topological polar surface area (TPSA) is 135 Å². The van der Waals surface area contributed by atoms with Crippen LogP contribution in [0, 0.1) is 13.8 Å². The van der Waals surface area contributed by atoms with Gasteiger partial charge in [-0.05, 0) is 32.0 Å². The van der Waals surface area contributed by atoms with Crippen LogP contribution >= 0.6 is 11.3 Å². The van der Waals surface area contributed by atoms with Crippen LogP contribution in [0.1, 0.15) is 21.5 Å². The summed E-state index contributed by atoms with van der Waals surface area (Å²) < 4.78 is 28.2. The Kier molecular flexibility index (Phi) is 6.07. The number of rotatable bonds is 6. The highest BCUT2D eigenvalue weighted by Crippen LogP contribution is 2.26. The Morgan fingerprint density at radius 1 is 1.09 bits per heavy atom. The van der Waals surface area contributed by atoms with Gasteiger partial charge in [-0.3, -0.25) is 14.2 Å². The van der Waals surface area contributed by atoms with Crippen LogP contribution < -0.4 is 10.3 Å². The minimum Gasteiger partial charge on any atom is -0.478 e. The highest BCUT2D eigenvalue weighted by molar-refractivity contribution is 7.90. The molecule has 0 aliphatic carbocycles. The van der Waals surface area contributed by atoms with Crippen LogP contribution in [0.25, 0.3) is 21.6 Å². The first-order valence-corrected chi connectivity index (χ1v) is 12.4. The lowest BCUT2D eigenvalue weighted by atomic mass is 10.1. The number of sulfonamides is 1. The van der Waals surface area contributed by atoms with Crippen LogP contribution in [0.4, 0.5) is 0 Å². The van der Waals surface area contributed by atoms with Gasteiger partial charge in [0, 0.05) is 10.9 Å². The molecule has 0 bridgehead atoms. The van der Waals surface area contributed by atoms with E-state index in [1.165, 1.54) is 17.5 Å². The van der Waals surface area contributed by atoms with Gasteiger partial charge in [-0.15, -0.1) is 11.3 Å². The molecule has 0 unspecified atom stereocenters. The lowest BCUT2D eigenvalue weighted by Gasteiger charge is -2.14. The van der Waals surface area contributed by atoms with Gasteiger partial charge in [0.25, 0.3) is 21.5 Å². The van der Waals surface area contributed by atoms with E-state index in [1.54, 1.807) is 37.3 Å². The molecule has 1 amide bonds. The normalized spacial score (nSPS) is 11.5. The molecule has 174 valence electrons. The number of nitrogens with one attached hydrogen (secondary N) is 1. The van der Waals surface area contributed by atoms with Gasteiger partial charge in [-0.2, -0.15) is 0 Å². The maximum atomic E-state index is 13.3. The van der Waals surface area contributed by atoms with Crippen molar-refractivity contribution in [2.75, 3.05) is 0 Å². The largest absolute Gasteiger partial charge is 0.478 e. The summed E-state index contributed by atoms with van der Waals surface area (Å²) in [6.45, 7) is 2.97. The first-order chi connectivity index (χ1) is 16.1. The van der Waals surface area contributed by atoms with Gasteiger partial charge in [-0.1, -0.05) is 41.5 Å². The second kappa shape index (κ2) is 8.84. The molecule has 0 atom stereocenters. The minimum absolute atomic E-state index is 0.0997. The standard InChI is InChI=1S/C23H19N3O6S2/c1-13-6-8-16(9-7-13)34(31,32)25-18(27)11-26-20(15-5-3-4-14(2)10-15)24-21-19(22(26)28)17(12-33-21)23(29)30/h3-10,12H,11H2,1-2H3,(H,25,27)(H,29,30). The Labute approximate surface area is 198 Å². The highest BCUT2D eigenvalue weighted by atomic mass is 32.2. The van der Waals surface area contributed by atoms with E-state index in [4.69, 9.17) is 0 Å². The fourth-order valence-electron chi connectivity index (χ4n) is 3.44. The molecule has 34 heavy (non-hydrogen) atoms. The van der Waals surface area contributed by atoms with Crippen molar-refractivity contribution in [2.45, 2.75) is 25.3 Å². The quantitative estimate of drug-likeness (QED) is 0.418. The summed E-state index contributed by atoms with van der Waals surface area (Å²) in [7, 11) is -4.17. The van der Waals surface area contributed by atoms with E-state index in [0.717, 1.165) is 27.0 Å². The van der Waals surface area contributed by atoms with E-state index in [0.29, 0.717) is 5.56 Å². The number of benzene rings is 2. The first-order valence-electron chi connectivity index (χ1n) is 10.0. The zero-order valence-electron chi connectivity index (χ0n) is 18.1. The van der Waals surface area contributed by atoms with Crippen LogP contribution in [0.3, 0.4) is 0 Å². The van der Waals surface area contributed by atoms with E-state index >= 15 is 0 Å². The van der Waals surface area contributed by atoms with Crippen LogP contribution in [0.2, 0.25) is 0 Å². The second-order valence-electron chi connectivity index (χ2n) is 7.67. The number of carboxylic acids is 1. The summed E-state index contributed by atoms with van der Waals surface area (Å²) in [5.74, 6) is -2.14. The van der Waals surface area contributed by atoms with Crippen molar-refractivity contribution in [1.29, 1.82) is 0 Å². The van der Waals surface area contributed by atoms with E-state index in [1.807, 2.05) is 17.7 Å². The van der Waals surface area contributed by atoms with Crippen molar-refractivity contribution < 1.29 is 23.1 Å². The molecule has 0 saturated carbocycles. The molecular formula is C23H19N3O6S2. The van der Waals surface area contributed by atoms with Crippen LogP contribution in [-0.4, -0.2) is 35.0 Å². The maximum Gasteiger partial charge on any atom is 0.337 e. The van der Waals surface area contributed by atoms with Crippen molar-refractivity contribution in [3.8, 4) is 11.4 Å². The molecule has 0 radical (unpaired) electrons. The number of carbonyl (C=O) groups is 2. The van der Waals surface area contributed by atoms with Crippen molar-refractivity contribution in [1.82, 2.24) is 14.3 Å². The fourth-order valence-corrected chi connectivity index (χ4v) is 5.31. The molecule has 0 aliphatic rings. The number of carbonyl (C=O) groups excluding carboxylic acids is 1. The average molecular weight is 498 g/mol. The number of hydrogen-bond acceptors (Lipinski definition) is 7. The first kappa shape index (κ1) is 23.3. The van der Waals surface area contributed by atoms with Crippen LogP contribution in [0.15, 0.2) is 63.6 Å². The van der Waals surface area contributed by atoms with E-state index < -0.39 is 34.0 Å². The Hall–Kier alpha value is -3.83. The number of nitrogens with zero attached hydrogens (tertiary/aromatic N) is 2. The number of aromatic nitrogens is 2. The van der Waals surface area contributed by atoms with E-state index in [-0.39, 0.29) is 26.5 Å². The Morgan fingerprint density at radius 3 is 2.44 bits per heavy atom. The molecule has 0 aliphatic heterocycles. The Balaban J connectivity index is 1.80. The SMILES string of the molecule is Cc1ccc(S(=O)(=O)NC(=O)Cn2c(-c3cccc(C)c3)nc3scc(C(=O)O)c3c2=O)cc1. The molecule has 2 aromatic heterocycles. The summed E-state index contributed by atoms with van der Waals surface area (Å²) in [4.78, 5) is 42.3. The zero-order valence-corrected chi connectivity index (χ0v) is 19.7. The Morgan fingerprint density at radius 2 is 1.79 bits per heavy atom. The monoisotopic (exact) mass is 497 g/mol. The number of amides is 1. The van der Waals surface area contributed by atoms with Crippen LogP contribution in [-0.2, 0) is 21.4 Å². The lowest BCUT2D eigenvalue weighted by Crippen LogP contribution is -2.37. The molecule has 9 nitrogen and oxygen atoms in total. The average Bonchev–Trinajstić information content (AvgIpc) is 3.20. The van der Waals surface area contributed by atoms with Crippen molar-refractivity contribution >= 4 is 43.5 Å². The number of carboxylic acid groups (broad SMARTS) is 1. The predicted molar refractivity (Wildman–Crippen MR) is 128 cm³/mol. The summed E-state index contributed by atoms with van der Waals surface area (Å²) in [5, 5.41) is 10.6. The fraction of sp³-hybridized carbons (Fsp3) is 0.130. The van der Waals surface area contributed by atoms with E-state index in [2.05, 4.69) is 4.98 Å². The van der Waals surface area contributed by atoms with Crippen molar-refractivity contribution in [3.63, 3.8) is 0 Å². The molecule has 0 spiro atoms. The van der Waals surface area contributed by atoms with Gasteiger partial charge < -0.3 is 5.11 Å². The molecule has 2 aromatic carbocycles. The minimum atomic E-state index is -4.17. The van der Waals surface area contributed by atoms with Crippen LogP contribution in [0.5, 0.6) is 0 Å². The molecule has 4 aromatic rings. The molecular weight excluding hydrogens is 478 g/mol. The Bertz CT molecular complexity index is 1600. The van der Waals surface area contributed by atoms with Gasteiger partial charge in [0.15, 0.2) is 0 Å². The van der Waals surface area contributed by atoms with Gasteiger partial charge in [0.2, 0.25) is 0 Å². The van der Waals surface area contributed by atoms with Gasteiger partial charge >= 0.3 is 5.97 Å². The zero-order chi connectivity index (χ0) is 24.6. The molecule has 2 heterocycles. The third kappa shape index (κ3) is 4.47. The maximum absolute atomic E-state index is 13.3. The van der Waals surface area contributed by atoms with Gasteiger partial charge in [0.1, 0.15) is 17.2 Å². The third-order valence-electron chi connectivity index (χ3n) is 5.08. The summed E-state index contributed by atoms with van der Waals surface area (Å²) in [6.07, 6.45) is 0. The number of fused-ring (bicyclic) bond motifs is 1. The molecule has 0 fully saturated rings. The number of aromatic carboxylic acids is 1. The molecule has 0 saturated heterocycles. The number of thiophene rings is 1. The predicted octanol–water partition coefficient (Wildman–Crippen LogP) is 2.95. The van der Waals surface area contributed by atoms with Gasteiger partial charge in [0.05, 0.1) is 15.8 Å². The van der Waals surface area contributed by atoms with Crippen molar-refractivity contribution in [3.05, 3.63) is 81.0 Å². The lowest BCUT2D eigenvalue weighted by molar-refractivity contribution is -0.119. The number of aryl methyl sites for hydroxylation is 2. The summed E-state index contributed by atoms with van der Waals surface area (Å²) in [6, 6.07) is 13.0. The molecule has 4 rings (SSSR count). The second-order valence-corrected chi connectivity index (χ2v) is 10.2. The van der Waals surface area contributed by atoms with Crippen molar-refractivity contribution in [2.24, 2.45) is 0 Å². The third-order valence-corrected chi connectivity index (χ3v) is 7.34. The smallest absolute Gasteiger partial charge is 0.337 e.